The molecule has 0 aliphatic heterocycles. The molecule has 0 atom stereocenters. The van der Waals surface area contributed by atoms with Gasteiger partial charge in [-0.2, -0.15) is 8.42 Å². The number of pyridine rings is 2. The first kappa shape index (κ1) is 18.6. The van der Waals surface area contributed by atoms with Crippen LogP contribution in [0.15, 0.2) is 47.6 Å². The number of nitrogens with zero attached hydrogens (tertiary/aromatic N) is 2. The van der Waals surface area contributed by atoms with Crippen LogP contribution in [-0.2, 0) is 10.1 Å². The highest BCUT2D eigenvalue weighted by Gasteiger charge is 2.15. The van der Waals surface area contributed by atoms with Crippen molar-refractivity contribution in [3.8, 4) is 0 Å². The predicted molar refractivity (Wildman–Crippen MR) is 96.2 cm³/mol. The monoisotopic (exact) mass is 360 g/mol. The van der Waals surface area contributed by atoms with Gasteiger partial charge in [-0.05, 0) is 50.1 Å². The van der Waals surface area contributed by atoms with Crippen molar-refractivity contribution >= 4 is 21.0 Å². The standard InChI is InChI=1S/C9H12O3S.C8H8N4/c1-6-4-7(2)9(8(3)5-6)13(10,11)12;9-8-6-2-1-4-11-7(6)3-5-12(8)10/h4-5H,1-3H3,(H,10,11,12);1-5,9H,10H2. The zero-order chi connectivity index (χ0) is 18.8. The highest BCUT2D eigenvalue weighted by Crippen LogP contribution is 2.20. The Hall–Kier alpha value is -2.71. The van der Waals surface area contributed by atoms with Crippen LogP contribution in [0.2, 0.25) is 0 Å². The Labute approximate surface area is 146 Å². The van der Waals surface area contributed by atoms with E-state index in [4.69, 9.17) is 15.8 Å². The molecule has 2 aromatic heterocycles. The molecule has 25 heavy (non-hydrogen) atoms. The van der Waals surface area contributed by atoms with Gasteiger partial charge in [0.05, 0.1) is 10.4 Å². The van der Waals surface area contributed by atoms with Gasteiger partial charge in [0.15, 0.2) is 5.49 Å². The fourth-order valence-corrected chi connectivity index (χ4v) is 3.62. The Morgan fingerprint density at radius 1 is 1.16 bits per heavy atom. The third-order valence-electron chi connectivity index (χ3n) is 3.61. The molecule has 0 aliphatic carbocycles. The third kappa shape index (κ3) is 4.23. The molecular formula is C17H20N4O3S. The van der Waals surface area contributed by atoms with E-state index in [0.29, 0.717) is 11.1 Å². The Morgan fingerprint density at radius 2 is 1.76 bits per heavy atom. The Bertz CT molecular complexity index is 1070. The molecule has 0 unspecified atom stereocenters. The van der Waals surface area contributed by atoms with Crippen molar-refractivity contribution in [2.75, 3.05) is 5.84 Å². The number of benzene rings is 1. The zero-order valence-electron chi connectivity index (χ0n) is 14.2. The summed E-state index contributed by atoms with van der Waals surface area (Å²) in [7, 11) is -4.08. The van der Waals surface area contributed by atoms with Gasteiger partial charge >= 0.3 is 0 Å². The summed E-state index contributed by atoms with van der Waals surface area (Å²) in [6.07, 6.45) is 3.32. The smallest absolute Gasteiger partial charge is 0.295 e. The molecule has 0 amide bonds. The zero-order valence-corrected chi connectivity index (χ0v) is 15.0. The average Bonchev–Trinajstić information content (AvgIpc) is 2.49. The molecule has 4 N–H and O–H groups in total. The molecule has 1 aromatic carbocycles. The normalized spacial score (nSPS) is 11.0. The van der Waals surface area contributed by atoms with Crippen LogP contribution in [0.3, 0.4) is 0 Å². The SMILES string of the molecule is Cc1cc(C)c(S(=O)(=O)O)c(C)c1.N=c1c2cccnc2ccn1N. The summed E-state index contributed by atoms with van der Waals surface area (Å²) in [5.74, 6) is 5.49. The van der Waals surface area contributed by atoms with Crippen molar-refractivity contribution in [2.45, 2.75) is 25.7 Å². The van der Waals surface area contributed by atoms with Crippen molar-refractivity contribution in [2.24, 2.45) is 0 Å². The van der Waals surface area contributed by atoms with Gasteiger partial charge < -0.3 is 5.84 Å². The number of nitrogens with one attached hydrogen (secondary N) is 1. The maximum atomic E-state index is 10.9. The Balaban J connectivity index is 0.000000181. The molecule has 0 aliphatic rings. The molecule has 0 bridgehead atoms. The summed E-state index contributed by atoms with van der Waals surface area (Å²) in [6.45, 7) is 5.22. The van der Waals surface area contributed by atoms with Crippen LogP contribution in [0.4, 0.5) is 0 Å². The molecule has 0 fully saturated rings. The summed E-state index contributed by atoms with van der Waals surface area (Å²) in [4.78, 5) is 4.12. The number of nitrogens with two attached hydrogens (primary N) is 1. The molecule has 0 saturated heterocycles. The molecule has 3 aromatic rings. The van der Waals surface area contributed by atoms with E-state index in [1.165, 1.54) is 4.68 Å². The third-order valence-corrected chi connectivity index (χ3v) is 4.77. The lowest BCUT2D eigenvalue weighted by molar-refractivity contribution is 0.482. The topological polar surface area (TPSA) is 122 Å². The maximum Gasteiger partial charge on any atom is 0.295 e. The van der Waals surface area contributed by atoms with E-state index in [9.17, 15) is 8.42 Å². The summed E-state index contributed by atoms with van der Waals surface area (Å²) in [6, 6.07) is 8.87. The summed E-state index contributed by atoms with van der Waals surface area (Å²) in [5, 5.41) is 8.35. The van der Waals surface area contributed by atoms with Crippen LogP contribution in [0, 0.1) is 26.2 Å². The minimum Gasteiger partial charge on any atom is -0.338 e. The Kier molecular flexibility index (Phi) is 5.24. The number of aromatic nitrogens is 2. The van der Waals surface area contributed by atoms with Gasteiger partial charge in [-0.15, -0.1) is 0 Å². The summed E-state index contributed by atoms with van der Waals surface area (Å²) in [5.41, 5.74) is 3.23. The molecular weight excluding hydrogens is 340 g/mol. The molecule has 2 heterocycles. The van der Waals surface area contributed by atoms with E-state index >= 15 is 0 Å². The number of fused-ring (bicyclic) bond motifs is 1. The number of hydrogen-bond donors (Lipinski definition) is 3. The molecule has 0 saturated carbocycles. The van der Waals surface area contributed by atoms with Crippen molar-refractivity contribution < 1.29 is 13.0 Å². The quantitative estimate of drug-likeness (QED) is 0.453. The molecule has 0 spiro atoms. The van der Waals surface area contributed by atoms with Crippen LogP contribution in [0.1, 0.15) is 16.7 Å². The first-order valence-corrected chi connectivity index (χ1v) is 8.86. The number of hydrogen-bond acceptors (Lipinski definition) is 5. The minimum absolute atomic E-state index is 0.0260. The lowest BCUT2D eigenvalue weighted by Crippen LogP contribution is -2.26. The molecule has 132 valence electrons. The van der Waals surface area contributed by atoms with E-state index in [-0.39, 0.29) is 10.4 Å². The van der Waals surface area contributed by atoms with E-state index in [1.807, 2.05) is 13.0 Å². The number of aryl methyl sites for hydroxylation is 3. The Morgan fingerprint density at radius 3 is 2.32 bits per heavy atom. The molecule has 0 radical (unpaired) electrons. The number of nitrogen functional groups attached to an aromatic ring is 1. The first-order valence-electron chi connectivity index (χ1n) is 7.42. The van der Waals surface area contributed by atoms with Gasteiger partial charge in [0.1, 0.15) is 0 Å². The second-order valence-corrected chi connectivity index (χ2v) is 7.07. The van der Waals surface area contributed by atoms with E-state index in [2.05, 4.69) is 4.98 Å². The van der Waals surface area contributed by atoms with Gasteiger partial charge in [-0.1, -0.05) is 17.7 Å². The molecule has 7 nitrogen and oxygen atoms in total. The summed E-state index contributed by atoms with van der Waals surface area (Å²) >= 11 is 0. The van der Waals surface area contributed by atoms with E-state index in [0.717, 1.165) is 16.5 Å². The van der Waals surface area contributed by atoms with Gasteiger partial charge in [0.2, 0.25) is 0 Å². The van der Waals surface area contributed by atoms with Crippen LogP contribution < -0.4 is 11.3 Å². The highest BCUT2D eigenvalue weighted by atomic mass is 32.2. The predicted octanol–water partition coefficient (Wildman–Crippen LogP) is 2.09. The van der Waals surface area contributed by atoms with Crippen LogP contribution in [0.25, 0.3) is 10.9 Å². The fourth-order valence-electron chi connectivity index (χ4n) is 2.69. The first-order chi connectivity index (χ1) is 11.6. The van der Waals surface area contributed by atoms with E-state index in [1.54, 1.807) is 50.5 Å². The lowest BCUT2D eigenvalue weighted by atomic mass is 10.1. The molecule has 3 rings (SSSR count). The van der Waals surface area contributed by atoms with Crippen molar-refractivity contribution in [3.05, 3.63) is 64.9 Å². The van der Waals surface area contributed by atoms with E-state index < -0.39 is 10.1 Å². The van der Waals surface area contributed by atoms with Gasteiger partial charge in [0.25, 0.3) is 10.1 Å². The fraction of sp³-hybridized carbons (Fsp3) is 0.176. The minimum atomic E-state index is -4.08. The van der Waals surface area contributed by atoms with Crippen LogP contribution in [-0.4, -0.2) is 22.6 Å². The largest absolute Gasteiger partial charge is 0.338 e. The second kappa shape index (κ2) is 7.04. The summed E-state index contributed by atoms with van der Waals surface area (Å²) < 4.78 is 32.1. The van der Waals surface area contributed by atoms with Crippen molar-refractivity contribution in [1.82, 2.24) is 9.66 Å². The highest BCUT2D eigenvalue weighted by molar-refractivity contribution is 7.86. The number of rotatable bonds is 1. The second-order valence-electron chi connectivity index (χ2n) is 5.71. The lowest BCUT2D eigenvalue weighted by Gasteiger charge is -2.07. The average molecular weight is 360 g/mol. The molecule has 8 heteroatoms. The van der Waals surface area contributed by atoms with Crippen molar-refractivity contribution in [1.29, 1.82) is 5.41 Å². The van der Waals surface area contributed by atoms with Gasteiger partial charge in [0, 0.05) is 17.8 Å². The van der Waals surface area contributed by atoms with Crippen LogP contribution >= 0.6 is 0 Å². The maximum absolute atomic E-state index is 10.9. The van der Waals surface area contributed by atoms with Crippen molar-refractivity contribution in [3.63, 3.8) is 0 Å². The van der Waals surface area contributed by atoms with Crippen LogP contribution in [0.5, 0.6) is 0 Å². The van der Waals surface area contributed by atoms with Gasteiger partial charge in [-0.25, -0.2) is 0 Å². The van der Waals surface area contributed by atoms with Gasteiger partial charge in [-0.3, -0.25) is 19.6 Å².